The van der Waals surface area contributed by atoms with Crippen LogP contribution in [0.1, 0.15) is 27.2 Å². The first-order chi connectivity index (χ1) is 8.36. The van der Waals surface area contributed by atoms with Crippen LogP contribution in [0, 0.1) is 23.7 Å². The summed E-state index contributed by atoms with van der Waals surface area (Å²) in [5.41, 5.74) is 5.65. The number of amides is 1. The second kappa shape index (κ2) is 6.18. The van der Waals surface area contributed by atoms with Crippen molar-refractivity contribution in [2.45, 2.75) is 27.2 Å². The molecular formula is C13H24N2O3. The van der Waals surface area contributed by atoms with Crippen molar-refractivity contribution in [3.63, 3.8) is 0 Å². The van der Waals surface area contributed by atoms with Gasteiger partial charge in [-0.15, -0.1) is 0 Å². The summed E-state index contributed by atoms with van der Waals surface area (Å²) in [6, 6.07) is 0. The lowest BCUT2D eigenvalue weighted by Gasteiger charge is -2.23. The number of carboxylic acids is 1. The number of nitrogens with two attached hydrogens (primary N) is 1. The van der Waals surface area contributed by atoms with E-state index in [-0.39, 0.29) is 17.7 Å². The molecule has 0 saturated carbocycles. The minimum atomic E-state index is -0.814. The van der Waals surface area contributed by atoms with Crippen LogP contribution in [0.25, 0.3) is 0 Å². The standard InChI is InChI=1S/C13H24N2O3/c1-8(2)4-10(5-14)12(16)15-6-9(3)11(7-15)13(17)18/h8-11H,4-7,14H2,1-3H3,(H,17,18)/t9-,10?,11-/m1/s1. The van der Waals surface area contributed by atoms with E-state index in [4.69, 9.17) is 10.8 Å². The zero-order valence-electron chi connectivity index (χ0n) is 11.4. The molecule has 0 spiro atoms. The van der Waals surface area contributed by atoms with Gasteiger partial charge in [-0.05, 0) is 18.3 Å². The number of hydrogen-bond donors (Lipinski definition) is 2. The first-order valence-corrected chi connectivity index (χ1v) is 6.58. The molecule has 1 heterocycles. The lowest BCUT2D eigenvalue weighted by atomic mass is 9.96. The van der Waals surface area contributed by atoms with Crippen molar-refractivity contribution in [2.75, 3.05) is 19.6 Å². The fraction of sp³-hybridized carbons (Fsp3) is 0.846. The van der Waals surface area contributed by atoms with Crippen LogP contribution in [0.2, 0.25) is 0 Å². The molecule has 1 rings (SSSR count). The van der Waals surface area contributed by atoms with E-state index in [0.29, 0.717) is 25.6 Å². The fourth-order valence-corrected chi connectivity index (χ4v) is 2.59. The number of likely N-dealkylation sites (tertiary alicyclic amines) is 1. The molecule has 1 aliphatic rings. The SMILES string of the molecule is CC(C)CC(CN)C(=O)N1C[C@@H](C)[C@H](C(=O)O)C1. The maximum absolute atomic E-state index is 12.3. The highest BCUT2D eigenvalue weighted by molar-refractivity contribution is 5.81. The second-order valence-electron chi connectivity index (χ2n) is 5.73. The maximum Gasteiger partial charge on any atom is 0.308 e. The number of aliphatic carboxylic acids is 1. The summed E-state index contributed by atoms with van der Waals surface area (Å²) in [6.45, 7) is 7.19. The predicted molar refractivity (Wildman–Crippen MR) is 68.9 cm³/mol. The number of nitrogens with zero attached hydrogens (tertiary/aromatic N) is 1. The topological polar surface area (TPSA) is 83.6 Å². The van der Waals surface area contributed by atoms with Gasteiger partial charge in [-0.25, -0.2) is 0 Å². The van der Waals surface area contributed by atoms with E-state index in [1.165, 1.54) is 0 Å². The molecule has 104 valence electrons. The quantitative estimate of drug-likeness (QED) is 0.761. The molecule has 0 aliphatic carbocycles. The van der Waals surface area contributed by atoms with Crippen LogP contribution in [0.3, 0.4) is 0 Å². The molecule has 0 aromatic carbocycles. The van der Waals surface area contributed by atoms with Crippen LogP contribution in [-0.2, 0) is 9.59 Å². The number of carboxylic acid groups (broad SMARTS) is 1. The molecule has 1 aliphatic heterocycles. The van der Waals surface area contributed by atoms with Gasteiger partial charge in [0.25, 0.3) is 0 Å². The van der Waals surface area contributed by atoms with Crippen molar-refractivity contribution in [2.24, 2.45) is 29.4 Å². The lowest BCUT2D eigenvalue weighted by Crippen LogP contribution is -2.39. The van der Waals surface area contributed by atoms with E-state index in [1.807, 2.05) is 6.92 Å². The van der Waals surface area contributed by atoms with Crippen molar-refractivity contribution < 1.29 is 14.7 Å². The second-order valence-corrected chi connectivity index (χ2v) is 5.73. The number of carbonyl (C=O) groups excluding carboxylic acids is 1. The van der Waals surface area contributed by atoms with Gasteiger partial charge in [0.05, 0.1) is 11.8 Å². The molecule has 0 aromatic heterocycles. The summed E-state index contributed by atoms with van der Waals surface area (Å²) in [7, 11) is 0. The zero-order chi connectivity index (χ0) is 13.9. The minimum absolute atomic E-state index is 0.0156. The maximum atomic E-state index is 12.3. The Balaban J connectivity index is 2.65. The molecule has 1 saturated heterocycles. The van der Waals surface area contributed by atoms with Crippen molar-refractivity contribution >= 4 is 11.9 Å². The van der Waals surface area contributed by atoms with Crippen molar-refractivity contribution in [3.8, 4) is 0 Å². The molecule has 18 heavy (non-hydrogen) atoms. The third-order valence-corrected chi connectivity index (χ3v) is 3.63. The highest BCUT2D eigenvalue weighted by atomic mass is 16.4. The number of hydrogen-bond acceptors (Lipinski definition) is 3. The van der Waals surface area contributed by atoms with Crippen LogP contribution >= 0.6 is 0 Å². The molecule has 1 amide bonds. The monoisotopic (exact) mass is 256 g/mol. The van der Waals surface area contributed by atoms with Gasteiger partial charge in [-0.3, -0.25) is 9.59 Å². The fourth-order valence-electron chi connectivity index (χ4n) is 2.59. The van der Waals surface area contributed by atoms with Crippen LogP contribution in [0.5, 0.6) is 0 Å². The molecule has 3 N–H and O–H groups in total. The highest BCUT2D eigenvalue weighted by Crippen LogP contribution is 2.25. The van der Waals surface area contributed by atoms with Gasteiger partial charge in [0.2, 0.25) is 5.91 Å². The van der Waals surface area contributed by atoms with Crippen molar-refractivity contribution in [1.82, 2.24) is 4.90 Å². The van der Waals surface area contributed by atoms with E-state index in [2.05, 4.69) is 13.8 Å². The molecule has 5 nitrogen and oxygen atoms in total. The number of rotatable bonds is 5. The first-order valence-electron chi connectivity index (χ1n) is 6.58. The molecule has 0 bridgehead atoms. The largest absolute Gasteiger partial charge is 0.481 e. The Labute approximate surface area is 108 Å². The van der Waals surface area contributed by atoms with Crippen LogP contribution in [0.4, 0.5) is 0 Å². The smallest absolute Gasteiger partial charge is 0.308 e. The summed E-state index contributed by atoms with van der Waals surface area (Å²) in [5.74, 6) is -0.981. The Kier molecular flexibility index (Phi) is 5.14. The normalized spacial score (nSPS) is 25.5. The third kappa shape index (κ3) is 3.45. The van der Waals surface area contributed by atoms with E-state index < -0.39 is 11.9 Å². The number of carbonyl (C=O) groups is 2. The third-order valence-electron chi connectivity index (χ3n) is 3.63. The van der Waals surface area contributed by atoms with Crippen LogP contribution in [0.15, 0.2) is 0 Å². The Hall–Kier alpha value is -1.10. The van der Waals surface area contributed by atoms with Gasteiger partial charge in [0.15, 0.2) is 0 Å². The van der Waals surface area contributed by atoms with Crippen LogP contribution in [-0.4, -0.2) is 41.5 Å². The summed E-state index contributed by atoms with van der Waals surface area (Å²) in [5, 5.41) is 9.06. The molecular weight excluding hydrogens is 232 g/mol. The van der Waals surface area contributed by atoms with Crippen molar-refractivity contribution in [3.05, 3.63) is 0 Å². The van der Waals surface area contributed by atoms with E-state index >= 15 is 0 Å². The van der Waals surface area contributed by atoms with E-state index in [1.54, 1.807) is 4.90 Å². The van der Waals surface area contributed by atoms with Crippen molar-refractivity contribution in [1.29, 1.82) is 0 Å². The average molecular weight is 256 g/mol. The molecule has 0 radical (unpaired) electrons. The Bertz CT molecular complexity index is 317. The highest BCUT2D eigenvalue weighted by Gasteiger charge is 2.38. The predicted octanol–water partition coefficient (Wildman–Crippen LogP) is 0.787. The summed E-state index contributed by atoms with van der Waals surface area (Å²) in [6.07, 6.45) is 0.762. The van der Waals surface area contributed by atoms with Gasteiger partial charge < -0.3 is 15.7 Å². The summed E-state index contributed by atoms with van der Waals surface area (Å²) >= 11 is 0. The Morgan fingerprint density at radius 3 is 2.39 bits per heavy atom. The molecule has 5 heteroatoms. The molecule has 1 fully saturated rings. The summed E-state index contributed by atoms with van der Waals surface area (Å²) < 4.78 is 0. The molecule has 3 atom stereocenters. The van der Waals surface area contributed by atoms with Gasteiger partial charge in [0, 0.05) is 19.6 Å². The molecule has 1 unspecified atom stereocenters. The van der Waals surface area contributed by atoms with E-state index in [9.17, 15) is 9.59 Å². The summed E-state index contributed by atoms with van der Waals surface area (Å²) in [4.78, 5) is 25.0. The van der Waals surface area contributed by atoms with Gasteiger partial charge in [-0.1, -0.05) is 20.8 Å². The van der Waals surface area contributed by atoms with Crippen LogP contribution < -0.4 is 5.73 Å². The first kappa shape index (κ1) is 15.0. The van der Waals surface area contributed by atoms with Gasteiger partial charge in [-0.2, -0.15) is 0 Å². The van der Waals surface area contributed by atoms with Gasteiger partial charge >= 0.3 is 5.97 Å². The Morgan fingerprint density at radius 1 is 1.39 bits per heavy atom. The van der Waals surface area contributed by atoms with Gasteiger partial charge in [0.1, 0.15) is 0 Å². The average Bonchev–Trinajstić information content (AvgIpc) is 2.67. The zero-order valence-corrected chi connectivity index (χ0v) is 11.4. The lowest BCUT2D eigenvalue weighted by molar-refractivity contribution is -0.142. The minimum Gasteiger partial charge on any atom is -0.481 e. The van der Waals surface area contributed by atoms with E-state index in [0.717, 1.165) is 6.42 Å². The molecule has 0 aromatic rings. The Morgan fingerprint density at radius 2 is 2.00 bits per heavy atom.